The molecule has 250 valence electrons. The number of fused-ring (bicyclic) bond motifs is 5. The number of methoxy groups -OCH3 is 1. The Hall–Kier alpha value is -1.77. The smallest absolute Gasteiger partial charge is 0.333 e. The molecule has 1 unspecified atom stereocenters. The van der Waals surface area contributed by atoms with Crippen LogP contribution in [0.2, 0.25) is 0 Å². The van der Waals surface area contributed by atoms with Gasteiger partial charge in [-0.05, 0) is 96.9 Å². The van der Waals surface area contributed by atoms with Crippen molar-refractivity contribution < 1.29 is 33.8 Å². The third-order valence-corrected chi connectivity index (χ3v) is 15.2. The van der Waals surface area contributed by atoms with Crippen LogP contribution >= 0.6 is 15.9 Å². The molecule has 1 heterocycles. The zero-order valence-electron chi connectivity index (χ0n) is 28.5. The van der Waals surface area contributed by atoms with Crippen LogP contribution in [0.5, 0.6) is 0 Å². The Morgan fingerprint density at radius 2 is 1.73 bits per heavy atom. The fraction of sp³-hybridized carbons (Fsp3) is 0.757. The van der Waals surface area contributed by atoms with Crippen LogP contribution in [-0.2, 0) is 24.6 Å². The fourth-order valence-electron chi connectivity index (χ4n) is 11.0. The van der Waals surface area contributed by atoms with E-state index < -0.39 is 12.2 Å². The summed E-state index contributed by atoms with van der Waals surface area (Å²) in [5.41, 5.74) is 0.520. The van der Waals surface area contributed by atoms with Crippen LogP contribution in [0.1, 0.15) is 99.8 Å². The Morgan fingerprint density at radius 1 is 1.07 bits per heavy atom. The van der Waals surface area contributed by atoms with Crippen molar-refractivity contribution in [3.05, 3.63) is 41.7 Å². The van der Waals surface area contributed by atoms with Crippen molar-refractivity contribution in [2.75, 3.05) is 7.11 Å². The van der Waals surface area contributed by atoms with Gasteiger partial charge in [-0.2, -0.15) is 4.57 Å². The molecule has 4 aliphatic rings. The van der Waals surface area contributed by atoms with Crippen LogP contribution < -0.4 is 4.57 Å². The maximum absolute atomic E-state index is 13.7. The lowest BCUT2D eigenvalue weighted by Gasteiger charge is -2.69. The van der Waals surface area contributed by atoms with Gasteiger partial charge in [-0.25, -0.2) is 4.79 Å². The zero-order chi connectivity index (χ0) is 33.1. The number of carbonyl (C=O) groups is 2. The molecule has 11 atom stereocenters. The molecule has 4 saturated carbocycles. The molecule has 1 aromatic heterocycles. The van der Waals surface area contributed by atoms with Gasteiger partial charge in [0.2, 0.25) is 0 Å². The molecule has 0 saturated heterocycles. The van der Waals surface area contributed by atoms with Gasteiger partial charge in [0.25, 0.3) is 0 Å². The number of esters is 2. The van der Waals surface area contributed by atoms with Crippen LogP contribution in [0.4, 0.5) is 0 Å². The van der Waals surface area contributed by atoms with Crippen molar-refractivity contribution in [3.8, 4) is 0 Å². The number of pyridine rings is 1. The lowest BCUT2D eigenvalue weighted by molar-refractivity contribution is -0.757. The first-order valence-electron chi connectivity index (χ1n) is 17.0. The third kappa shape index (κ3) is 5.52. The van der Waals surface area contributed by atoms with Gasteiger partial charge in [-0.3, -0.25) is 4.79 Å². The Morgan fingerprint density at radius 3 is 2.36 bits per heavy atom. The number of hydrogen-bond acceptors (Lipinski definition) is 6. The van der Waals surface area contributed by atoms with E-state index in [1.165, 1.54) is 14.0 Å². The Bertz CT molecular complexity index is 1310. The van der Waals surface area contributed by atoms with E-state index in [0.717, 1.165) is 31.3 Å². The molecule has 5 rings (SSSR count). The molecule has 2 N–H and O–H groups in total. The number of carbonyl (C=O) groups excluding carboxylic acids is 2. The van der Waals surface area contributed by atoms with Gasteiger partial charge in [0.15, 0.2) is 17.9 Å². The summed E-state index contributed by atoms with van der Waals surface area (Å²) in [4.78, 5) is 26.3. The molecule has 4 aliphatic carbocycles. The highest BCUT2D eigenvalue weighted by atomic mass is 79.9. The van der Waals surface area contributed by atoms with Crippen LogP contribution in [0.25, 0.3) is 0 Å². The molecule has 4 fully saturated rings. The number of nitrogens with zero attached hydrogens (tertiary/aromatic N) is 1. The topological polar surface area (TPSA) is 96.9 Å². The van der Waals surface area contributed by atoms with Crippen molar-refractivity contribution in [3.63, 3.8) is 0 Å². The van der Waals surface area contributed by atoms with E-state index in [0.29, 0.717) is 37.2 Å². The highest BCUT2D eigenvalue weighted by Gasteiger charge is 2.71. The van der Waals surface area contributed by atoms with E-state index in [2.05, 4.69) is 74.4 Å². The molecule has 8 heteroatoms. The molecule has 0 spiro atoms. The number of rotatable bonds is 7. The number of aromatic nitrogens is 1. The first kappa shape index (κ1) is 34.6. The number of ether oxygens (including phenoxy) is 2. The highest BCUT2D eigenvalue weighted by Crippen LogP contribution is 2.74. The van der Waals surface area contributed by atoms with Gasteiger partial charge >= 0.3 is 11.9 Å². The predicted octanol–water partition coefficient (Wildman–Crippen LogP) is 6.27. The van der Waals surface area contributed by atoms with Gasteiger partial charge in [0.05, 0.1) is 24.1 Å². The Labute approximate surface area is 278 Å². The summed E-state index contributed by atoms with van der Waals surface area (Å²) in [5.74, 6) is -0.276. The van der Waals surface area contributed by atoms with Crippen molar-refractivity contribution in [2.24, 2.45) is 39.9 Å². The molecule has 0 amide bonds. The molecule has 0 bridgehead atoms. The minimum atomic E-state index is -0.564. The largest absolute Gasteiger partial charge is 0.466 e. The molecule has 0 aromatic carbocycles. The lowest BCUT2D eigenvalue weighted by atomic mass is 9.36. The van der Waals surface area contributed by atoms with Crippen molar-refractivity contribution >= 4 is 27.9 Å². The van der Waals surface area contributed by atoms with Crippen LogP contribution in [-0.4, -0.2) is 52.4 Å². The van der Waals surface area contributed by atoms with Gasteiger partial charge < -0.3 is 19.7 Å². The van der Waals surface area contributed by atoms with Crippen molar-refractivity contribution in [1.29, 1.82) is 0 Å². The second-order valence-electron chi connectivity index (χ2n) is 16.0. The van der Waals surface area contributed by atoms with Gasteiger partial charge in [0.1, 0.15) is 6.10 Å². The maximum atomic E-state index is 13.7. The van der Waals surface area contributed by atoms with E-state index in [1.54, 1.807) is 0 Å². The zero-order valence-corrected chi connectivity index (χ0v) is 30.1. The number of hydrogen-bond donors (Lipinski definition) is 2. The summed E-state index contributed by atoms with van der Waals surface area (Å²) >= 11 is 3.95. The van der Waals surface area contributed by atoms with Crippen LogP contribution in [0, 0.1) is 39.9 Å². The van der Waals surface area contributed by atoms with Crippen LogP contribution in [0.3, 0.4) is 0 Å². The second kappa shape index (κ2) is 12.4. The van der Waals surface area contributed by atoms with E-state index in [4.69, 9.17) is 9.47 Å². The monoisotopic (exact) mass is 688 g/mol. The number of aliphatic hydroxyl groups excluding tert-OH is 2. The van der Waals surface area contributed by atoms with E-state index in [-0.39, 0.29) is 62.4 Å². The first-order chi connectivity index (χ1) is 21.0. The van der Waals surface area contributed by atoms with E-state index in [9.17, 15) is 19.8 Å². The number of alkyl halides is 1. The second-order valence-corrected chi connectivity index (χ2v) is 17.1. The summed E-state index contributed by atoms with van der Waals surface area (Å²) in [6, 6.07) is 6.02. The minimum absolute atomic E-state index is 0.0373. The molecular weight excluding hydrogens is 634 g/mol. The highest BCUT2D eigenvalue weighted by molar-refractivity contribution is 9.09. The van der Waals surface area contributed by atoms with E-state index in [1.807, 2.05) is 18.2 Å². The third-order valence-electron chi connectivity index (χ3n) is 13.6. The average molecular weight is 690 g/mol. The van der Waals surface area contributed by atoms with Crippen molar-refractivity contribution in [1.82, 2.24) is 0 Å². The van der Waals surface area contributed by atoms with Crippen LogP contribution in [0.15, 0.2) is 41.7 Å². The predicted molar refractivity (Wildman–Crippen MR) is 176 cm³/mol. The van der Waals surface area contributed by atoms with Gasteiger partial charge in [0, 0.05) is 38.5 Å². The summed E-state index contributed by atoms with van der Waals surface area (Å²) in [6.07, 6.45) is 8.55. The maximum Gasteiger partial charge on any atom is 0.333 e. The summed E-state index contributed by atoms with van der Waals surface area (Å²) in [5, 5.41) is 23.0. The summed E-state index contributed by atoms with van der Waals surface area (Å²) < 4.78 is 13.7. The first-order valence-corrected chi connectivity index (χ1v) is 17.9. The Kier molecular flexibility index (Phi) is 9.49. The fourth-order valence-corrected chi connectivity index (χ4v) is 11.4. The Balaban J connectivity index is 1.56. The lowest BCUT2D eigenvalue weighted by Crippen LogP contribution is -2.65. The standard InChI is InChI=1S/C37H55BrNO6/c1-22-25-14-17-36(6)32(35(25,5)16-15-27(22)41)28(42)20-26-31(29(45-23(2)40)21-37(26,36)7)24(33(43)44-8)12-13-30(38)34(3,4)39-18-10-9-11-19-39/h9-11,18-19,22,25-30,32,41-42H,12-17,20-21H2,1-8H3/q+1/b31-24-/t22-,25-,26-,27-,28+,29-,30?,32-,35-,36-,37-/m0/s1. The SMILES string of the molecule is COC(=O)/C(CCC(Br)C(C)(C)[n+]1ccccc1)=C1\[C@@H](OC(C)=O)C[C@@]2(C)[C@H]1C[C@@H](O)[C@H]1[C@@]3(C)CC[C@H](O)[C@@H](C)[C@@H]3CC[C@@]12C. The molecule has 45 heavy (non-hydrogen) atoms. The molecule has 7 nitrogen and oxygen atoms in total. The molecule has 0 aliphatic heterocycles. The molecule has 1 aromatic rings. The van der Waals surface area contributed by atoms with Gasteiger partial charge in [-0.1, -0.05) is 49.7 Å². The van der Waals surface area contributed by atoms with Gasteiger partial charge in [-0.15, -0.1) is 0 Å². The number of aliphatic hydroxyl groups is 2. The number of halogens is 1. The molecular formula is C37H55BrNO6+. The van der Waals surface area contributed by atoms with E-state index >= 15 is 0 Å². The summed E-state index contributed by atoms with van der Waals surface area (Å²) in [7, 11) is 1.42. The quantitative estimate of drug-likeness (QED) is 0.152. The summed E-state index contributed by atoms with van der Waals surface area (Å²) in [6.45, 7) is 15.0. The minimum Gasteiger partial charge on any atom is -0.466 e. The normalized spacial score (nSPS) is 41.3. The molecule has 0 radical (unpaired) electrons. The average Bonchev–Trinajstić information content (AvgIpc) is 3.26. The van der Waals surface area contributed by atoms with Crippen molar-refractivity contribution in [2.45, 2.75) is 129 Å².